The van der Waals surface area contributed by atoms with E-state index < -0.39 is 0 Å². The highest BCUT2D eigenvalue weighted by Crippen LogP contribution is 2.13. The second-order valence-electron chi connectivity index (χ2n) is 5.19. The monoisotopic (exact) mass is 281 g/mol. The van der Waals surface area contributed by atoms with E-state index in [9.17, 15) is 0 Å². The molecule has 0 bridgehead atoms. The van der Waals surface area contributed by atoms with E-state index >= 15 is 0 Å². The summed E-state index contributed by atoms with van der Waals surface area (Å²) in [4.78, 5) is 0. The van der Waals surface area contributed by atoms with Crippen LogP contribution in [0, 0.1) is 0 Å². The van der Waals surface area contributed by atoms with Crippen LogP contribution in [0.25, 0.3) is 0 Å². The fourth-order valence-corrected chi connectivity index (χ4v) is 2.38. The van der Waals surface area contributed by atoms with Gasteiger partial charge in [-0.15, -0.1) is 11.6 Å². The number of benzene rings is 1. The maximum absolute atomic E-state index is 5.73. The lowest BCUT2D eigenvalue weighted by molar-refractivity contribution is 0.617. The zero-order valence-electron chi connectivity index (χ0n) is 12.3. The van der Waals surface area contributed by atoms with Crippen LogP contribution in [0.15, 0.2) is 24.3 Å². The van der Waals surface area contributed by atoms with Gasteiger partial charge in [-0.25, -0.2) is 0 Å². The Balaban J connectivity index is 2.14. The van der Waals surface area contributed by atoms with Gasteiger partial charge < -0.3 is 5.32 Å². The Morgan fingerprint density at radius 3 is 2.58 bits per heavy atom. The molecule has 1 nitrogen and oxygen atoms in total. The highest BCUT2D eigenvalue weighted by molar-refractivity contribution is 6.17. The van der Waals surface area contributed by atoms with E-state index in [2.05, 4.69) is 36.5 Å². The molecule has 0 aliphatic rings. The van der Waals surface area contributed by atoms with E-state index in [0.29, 0.717) is 0 Å². The van der Waals surface area contributed by atoms with Gasteiger partial charge in [-0.05, 0) is 37.0 Å². The molecule has 0 aliphatic heterocycles. The van der Waals surface area contributed by atoms with Crippen molar-refractivity contribution < 1.29 is 0 Å². The van der Waals surface area contributed by atoms with E-state index in [4.69, 9.17) is 11.6 Å². The summed E-state index contributed by atoms with van der Waals surface area (Å²) in [6.07, 6.45) is 10.2. The number of anilines is 1. The van der Waals surface area contributed by atoms with Crippen molar-refractivity contribution in [1.82, 2.24) is 0 Å². The minimum Gasteiger partial charge on any atom is -0.385 e. The Kier molecular flexibility index (Phi) is 9.61. The average Bonchev–Trinajstić information content (AvgIpc) is 2.44. The molecule has 0 radical (unpaired) electrons. The highest BCUT2D eigenvalue weighted by atomic mass is 35.5. The van der Waals surface area contributed by atoms with Crippen molar-refractivity contribution in [3.63, 3.8) is 0 Å². The van der Waals surface area contributed by atoms with Gasteiger partial charge in [-0.1, -0.05) is 51.2 Å². The van der Waals surface area contributed by atoms with Crippen LogP contribution in [0.1, 0.15) is 57.4 Å². The van der Waals surface area contributed by atoms with Gasteiger partial charge in [0.05, 0.1) is 0 Å². The van der Waals surface area contributed by atoms with E-state index in [-0.39, 0.29) is 0 Å². The average molecular weight is 282 g/mol. The van der Waals surface area contributed by atoms with Crippen LogP contribution in [0.5, 0.6) is 0 Å². The van der Waals surface area contributed by atoms with Gasteiger partial charge in [-0.2, -0.15) is 0 Å². The quantitative estimate of drug-likeness (QED) is 0.409. The van der Waals surface area contributed by atoms with Crippen LogP contribution in [0.4, 0.5) is 5.69 Å². The maximum Gasteiger partial charge on any atom is 0.0342 e. The third kappa shape index (κ3) is 8.15. The maximum atomic E-state index is 5.73. The largest absolute Gasteiger partial charge is 0.385 e. The van der Waals surface area contributed by atoms with Crippen molar-refractivity contribution in [1.29, 1.82) is 0 Å². The minimum atomic E-state index is 0.745. The number of rotatable bonds is 11. The molecule has 1 aromatic rings. The van der Waals surface area contributed by atoms with Crippen molar-refractivity contribution in [3.05, 3.63) is 29.8 Å². The number of alkyl halides is 1. The standard InChI is InChI=1S/C17H28ClN/c1-2-3-4-5-6-7-14-19-17-12-8-10-16(15-17)11-9-13-18/h8,10,12,15,19H,2-7,9,11,13-14H2,1H3. The molecule has 0 fully saturated rings. The first-order valence-electron chi connectivity index (χ1n) is 7.75. The number of halogens is 1. The Morgan fingerprint density at radius 2 is 1.79 bits per heavy atom. The molecule has 0 spiro atoms. The van der Waals surface area contributed by atoms with Gasteiger partial charge >= 0.3 is 0 Å². The topological polar surface area (TPSA) is 12.0 Å². The summed E-state index contributed by atoms with van der Waals surface area (Å²) in [5.41, 5.74) is 2.63. The lowest BCUT2D eigenvalue weighted by atomic mass is 10.1. The zero-order valence-corrected chi connectivity index (χ0v) is 13.0. The highest BCUT2D eigenvalue weighted by Gasteiger charge is 1.96. The molecular weight excluding hydrogens is 254 g/mol. The first kappa shape index (κ1) is 16.4. The predicted octanol–water partition coefficient (Wildman–Crippen LogP) is 5.63. The van der Waals surface area contributed by atoms with Gasteiger partial charge in [0.25, 0.3) is 0 Å². The summed E-state index contributed by atoms with van der Waals surface area (Å²) >= 11 is 5.73. The molecule has 2 heteroatoms. The van der Waals surface area contributed by atoms with Gasteiger partial charge in [0.1, 0.15) is 0 Å². The van der Waals surface area contributed by atoms with Crippen LogP contribution < -0.4 is 5.32 Å². The summed E-state index contributed by atoms with van der Waals surface area (Å²) < 4.78 is 0. The van der Waals surface area contributed by atoms with Crippen molar-refractivity contribution in [2.24, 2.45) is 0 Å². The number of unbranched alkanes of at least 4 members (excludes halogenated alkanes) is 5. The fraction of sp³-hybridized carbons (Fsp3) is 0.647. The summed E-state index contributed by atoms with van der Waals surface area (Å²) in [5.74, 6) is 0.745. The molecule has 0 saturated heterocycles. The van der Waals surface area contributed by atoms with E-state index in [1.807, 2.05) is 0 Å². The predicted molar refractivity (Wildman–Crippen MR) is 87.3 cm³/mol. The first-order valence-corrected chi connectivity index (χ1v) is 8.29. The van der Waals surface area contributed by atoms with Crippen LogP contribution in [0.2, 0.25) is 0 Å². The van der Waals surface area contributed by atoms with Crippen LogP contribution in [-0.4, -0.2) is 12.4 Å². The molecule has 0 amide bonds. The van der Waals surface area contributed by atoms with E-state index in [0.717, 1.165) is 25.3 Å². The Labute approximate surface area is 123 Å². The summed E-state index contributed by atoms with van der Waals surface area (Å²) in [6, 6.07) is 8.72. The van der Waals surface area contributed by atoms with E-state index in [1.54, 1.807) is 0 Å². The number of nitrogens with one attached hydrogen (secondary N) is 1. The summed E-state index contributed by atoms with van der Waals surface area (Å²) in [7, 11) is 0. The molecule has 0 atom stereocenters. The van der Waals surface area contributed by atoms with Crippen LogP contribution in [-0.2, 0) is 6.42 Å². The van der Waals surface area contributed by atoms with Crippen molar-refractivity contribution in [3.8, 4) is 0 Å². The molecule has 1 aromatic carbocycles. The van der Waals surface area contributed by atoms with Gasteiger partial charge in [0.15, 0.2) is 0 Å². The molecule has 1 N–H and O–H groups in total. The Hall–Kier alpha value is -0.690. The molecular formula is C17H28ClN. The molecule has 0 aromatic heterocycles. The molecule has 0 heterocycles. The SMILES string of the molecule is CCCCCCCCNc1cccc(CCCCl)c1. The Bertz CT molecular complexity index is 325. The lowest BCUT2D eigenvalue weighted by Gasteiger charge is -2.08. The summed E-state index contributed by atoms with van der Waals surface area (Å²) in [5, 5.41) is 3.52. The molecule has 0 saturated carbocycles. The third-order valence-corrected chi connectivity index (χ3v) is 3.65. The minimum absolute atomic E-state index is 0.745. The molecule has 1 rings (SSSR count). The van der Waals surface area contributed by atoms with Gasteiger partial charge in [0, 0.05) is 18.1 Å². The van der Waals surface area contributed by atoms with Crippen molar-refractivity contribution >= 4 is 17.3 Å². The van der Waals surface area contributed by atoms with Crippen molar-refractivity contribution in [2.45, 2.75) is 58.3 Å². The number of hydrogen-bond donors (Lipinski definition) is 1. The normalized spacial score (nSPS) is 10.6. The summed E-state index contributed by atoms with van der Waals surface area (Å²) in [6.45, 7) is 3.35. The number of aryl methyl sites for hydroxylation is 1. The first-order chi connectivity index (χ1) is 9.36. The van der Waals surface area contributed by atoms with Crippen LogP contribution >= 0.6 is 11.6 Å². The molecule has 0 unspecified atom stereocenters. The van der Waals surface area contributed by atoms with E-state index in [1.165, 1.54) is 49.8 Å². The van der Waals surface area contributed by atoms with Gasteiger partial charge in [0.2, 0.25) is 0 Å². The second kappa shape index (κ2) is 11.2. The molecule has 108 valence electrons. The third-order valence-electron chi connectivity index (χ3n) is 3.39. The fourth-order valence-electron chi connectivity index (χ4n) is 2.25. The number of hydrogen-bond acceptors (Lipinski definition) is 1. The molecule has 19 heavy (non-hydrogen) atoms. The second-order valence-corrected chi connectivity index (χ2v) is 5.57. The van der Waals surface area contributed by atoms with Gasteiger partial charge in [-0.3, -0.25) is 0 Å². The zero-order chi connectivity index (χ0) is 13.8. The van der Waals surface area contributed by atoms with Crippen LogP contribution in [0.3, 0.4) is 0 Å². The smallest absolute Gasteiger partial charge is 0.0342 e. The Morgan fingerprint density at radius 1 is 1.00 bits per heavy atom. The van der Waals surface area contributed by atoms with Crippen molar-refractivity contribution in [2.75, 3.05) is 17.7 Å². The lowest BCUT2D eigenvalue weighted by Crippen LogP contribution is -2.01. The molecule has 0 aliphatic carbocycles.